The summed E-state index contributed by atoms with van der Waals surface area (Å²) >= 11 is 0. The lowest BCUT2D eigenvalue weighted by atomic mass is 10.0. The van der Waals surface area contributed by atoms with Gasteiger partial charge in [0.1, 0.15) is 17.2 Å². The minimum atomic E-state index is -0.922. The van der Waals surface area contributed by atoms with Gasteiger partial charge in [0.2, 0.25) is 0 Å². The summed E-state index contributed by atoms with van der Waals surface area (Å²) in [5.74, 6) is 0. The SMILES string of the molecule is N#Cc1cc(NCC2(O)CCOC2)ccc1[N+](=O)[O-]. The van der Waals surface area contributed by atoms with Gasteiger partial charge in [0.15, 0.2) is 0 Å². The van der Waals surface area contributed by atoms with Crippen LogP contribution in [0.2, 0.25) is 0 Å². The van der Waals surface area contributed by atoms with Crippen molar-refractivity contribution in [2.45, 2.75) is 12.0 Å². The van der Waals surface area contributed by atoms with Gasteiger partial charge < -0.3 is 15.2 Å². The molecule has 2 N–H and O–H groups in total. The van der Waals surface area contributed by atoms with E-state index in [0.717, 1.165) is 0 Å². The van der Waals surface area contributed by atoms with E-state index >= 15 is 0 Å². The number of anilines is 1. The second-order valence-corrected chi connectivity index (χ2v) is 4.48. The highest BCUT2D eigenvalue weighted by atomic mass is 16.6. The Morgan fingerprint density at radius 3 is 3.00 bits per heavy atom. The first-order valence-corrected chi connectivity index (χ1v) is 5.77. The topological polar surface area (TPSA) is 108 Å². The van der Waals surface area contributed by atoms with E-state index < -0.39 is 10.5 Å². The van der Waals surface area contributed by atoms with E-state index in [1.54, 1.807) is 6.07 Å². The average molecular weight is 263 g/mol. The van der Waals surface area contributed by atoms with Gasteiger partial charge in [-0.3, -0.25) is 10.1 Å². The van der Waals surface area contributed by atoms with Crippen molar-refractivity contribution in [1.29, 1.82) is 5.26 Å². The van der Waals surface area contributed by atoms with E-state index in [4.69, 9.17) is 10.00 Å². The van der Waals surface area contributed by atoms with Crippen molar-refractivity contribution in [3.8, 4) is 6.07 Å². The number of nitriles is 1. The maximum absolute atomic E-state index is 10.7. The quantitative estimate of drug-likeness (QED) is 0.620. The average Bonchev–Trinajstić information content (AvgIpc) is 2.83. The Morgan fingerprint density at radius 1 is 1.63 bits per heavy atom. The van der Waals surface area contributed by atoms with E-state index in [2.05, 4.69) is 5.32 Å². The second-order valence-electron chi connectivity index (χ2n) is 4.48. The van der Waals surface area contributed by atoms with E-state index in [0.29, 0.717) is 18.7 Å². The maximum Gasteiger partial charge on any atom is 0.287 e. The van der Waals surface area contributed by atoms with Crippen LogP contribution in [0.15, 0.2) is 18.2 Å². The normalized spacial score (nSPS) is 21.9. The number of hydrogen-bond acceptors (Lipinski definition) is 6. The highest BCUT2D eigenvalue weighted by Gasteiger charge is 2.31. The lowest BCUT2D eigenvalue weighted by Gasteiger charge is -2.21. The van der Waals surface area contributed by atoms with Crippen LogP contribution in [0.5, 0.6) is 0 Å². The third-order valence-corrected chi connectivity index (χ3v) is 3.02. The lowest BCUT2D eigenvalue weighted by Crippen LogP contribution is -2.37. The van der Waals surface area contributed by atoms with Crippen LogP contribution in [0.4, 0.5) is 11.4 Å². The number of ether oxygens (including phenoxy) is 1. The van der Waals surface area contributed by atoms with Crippen LogP contribution in [-0.4, -0.2) is 35.4 Å². The standard InChI is InChI=1S/C12H13N3O4/c13-6-9-5-10(1-2-11(9)15(17)18)14-7-12(16)3-4-19-8-12/h1-2,5,14,16H,3-4,7-8H2. The molecule has 1 fully saturated rings. The van der Waals surface area contributed by atoms with Crippen LogP contribution in [0.25, 0.3) is 0 Å². The Labute approximate surface area is 109 Å². The summed E-state index contributed by atoms with van der Waals surface area (Å²) < 4.78 is 5.11. The Morgan fingerprint density at radius 2 is 2.42 bits per heavy atom. The zero-order valence-electron chi connectivity index (χ0n) is 10.1. The summed E-state index contributed by atoms with van der Waals surface area (Å²) in [5.41, 5.74) is -0.600. The number of nitrogens with zero attached hydrogens (tertiary/aromatic N) is 2. The first-order valence-electron chi connectivity index (χ1n) is 5.77. The molecule has 1 heterocycles. The summed E-state index contributed by atoms with van der Waals surface area (Å²) in [5, 5.41) is 32.6. The third-order valence-electron chi connectivity index (χ3n) is 3.02. The molecule has 1 aromatic carbocycles. The molecule has 1 aliphatic heterocycles. The Kier molecular flexibility index (Phi) is 3.64. The van der Waals surface area contributed by atoms with Crippen LogP contribution < -0.4 is 5.32 Å². The molecule has 7 heteroatoms. The van der Waals surface area contributed by atoms with Crippen molar-refractivity contribution in [1.82, 2.24) is 0 Å². The molecule has 7 nitrogen and oxygen atoms in total. The first-order chi connectivity index (χ1) is 9.04. The molecular weight excluding hydrogens is 250 g/mol. The smallest absolute Gasteiger partial charge is 0.287 e. The van der Waals surface area contributed by atoms with Gasteiger partial charge in [-0.1, -0.05) is 0 Å². The zero-order valence-corrected chi connectivity index (χ0v) is 10.1. The van der Waals surface area contributed by atoms with Gasteiger partial charge in [0.05, 0.1) is 11.5 Å². The second kappa shape index (κ2) is 5.22. The Bertz CT molecular complexity index is 532. The number of nitro benzene ring substituents is 1. The van der Waals surface area contributed by atoms with Crippen molar-refractivity contribution in [3.63, 3.8) is 0 Å². The van der Waals surface area contributed by atoms with Gasteiger partial charge >= 0.3 is 0 Å². The molecule has 19 heavy (non-hydrogen) atoms. The molecule has 1 aromatic rings. The molecule has 1 atom stereocenters. The van der Waals surface area contributed by atoms with Crippen LogP contribution in [0.1, 0.15) is 12.0 Å². The van der Waals surface area contributed by atoms with Gasteiger partial charge in [-0.25, -0.2) is 0 Å². The van der Waals surface area contributed by atoms with Crippen molar-refractivity contribution in [3.05, 3.63) is 33.9 Å². The summed E-state index contributed by atoms with van der Waals surface area (Å²) in [6.45, 7) is 1.05. The van der Waals surface area contributed by atoms with Crippen molar-refractivity contribution in [2.24, 2.45) is 0 Å². The Hall–Kier alpha value is -2.17. The maximum atomic E-state index is 10.7. The fourth-order valence-electron chi connectivity index (χ4n) is 1.90. The van der Waals surface area contributed by atoms with Crippen LogP contribution in [-0.2, 0) is 4.74 Å². The number of nitrogens with one attached hydrogen (secondary N) is 1. The highest BCUT2D eigenvalue weighted by Crippen LogP contribution is 2.23. The van der Waals surface area contributed by atoms with Gasteiger partial charge in [0.25, 0.3) is 5.69 Å². The number of rotatable bonds is 4. The summed E-state index contributed by atoms with van der Waals surface area (Å²) in [7, 11) is 0. The largest absolute Gasteiger partial charge is 0.386 e. The molecule has 0 amide bonds. The predicted octanol–water partition coefficient (Wildman–Crippen LogP) is 1.03. The molecule has 0 aliphatic carbocycles. The fourth-order valence-corrected chi connectivity index (χ4v) is 1.90. The molecule has 0 aromatic heterocycles. The summed E-state index contributed by atoms with van der Waals surface area (Å²) in [6, 6.07) is 5.97. The number of hydrogen-bond donors (Lipinski definition) is 2. The molecule has 0 radical (unpaired) electrons. The van der Waals surface area contributed by atoms with E-state index in [1.807, 2.05) is 0 Å². The van der Waals surface area contributed by atoms with Crippen molar-refractivity contribution >= 4 is 11.4 Å². The molecule has 100 valence electrons. The van der Waals surface area contributed by atoms with E-state index in [-0.39, 0.29) is 24.4 Å². The first kappa shape index (κ1) is 13.3. The van der Waals surface area contributed by atoms with Gasteiger partial charge in [-0.2, -0.15) is 5.26 Å². The van der Waals surface area contributed by atoms with Crippen molar-refractivity contribution in [2.75, 3.05) is 25.1 Å². The fraction of sp³-hybridized carbons (Fsp3) is 0.417. The van der Waals surface area contributed by atoms with Gasteiger partial charge in [-0.05, 0) is 12.1 Å². The third kappa shape index (κ3) is 2.99. The number of nitro groups is 1. The highest BCUT2D eigenvalue weighted by molar-refractivity contribution is 5.58. The molecule has 1 saturated heterocycles. The van der Waals surface area contributed by atoms with E-state index in [9.17, 15) is 15.2 Å². The summed E-state index contributed by atoms with van der Waals surface area (Å²) in [4.78, 5) is 10.1. The van der Waals surface area contributed by atoms with Crippen molar-refractivity contribution < 1.29 is 14.8 Å². The van der Waals surface area contributed by atoms with Crippen LogP contribution in [0, 0.1) is 21.4 Å². The Balaban J connectivity index is 2.09. The monoisotopic (exact) mass is 263 g/mol. The molecule has 1 aliphatic rings. The number of aliphatic hydroxyl groups is 1. The molecular formula is C12H13N3O4. The molecule has 0 spiro atoms. The minimum absolute atomic E-state index is 0.00957. The summed E-state index contributed by atoms with van der Waals surface area (Å²) in [6.07, 6.45) is 0.540. The zero-order chi connectivity index (χ0) is 13.9. The molecule has 1 unspecified atom stereocenters. The van der Waals surface area contributed by atoms with E-state index in [1.165, 1.54) is 18.2 Å². The molecule has 0 bridgehead atoms. The van der Waals surface area contributed by atoms with Gasteiger partial charge in [-0.15, -0.1) is 0 Å². The molecule has 2 rings (SSSR count). The molecule has 0 saturated carbocycles. The van der Waals surface area contributed by atoms with Gasteiger partial charge in [0, 0.05) is 31.3 Å². The number of benzene rings is 1. The predicted molar refractivity (Wildman–Crippen MR) is 66.7 cm³/mol. The lowest BCUT2D eigenvalue weighted by molar-refractivity contribution is -0.385. The van der Waals surface area contributed by atoms with Crippen LogP contribution >= 0.6 is 0 Å². The van der Waals surface area contributed by atoms with Crippen LogP contribution in [0.3, 0.4) is 0 Å². The minimum Gasteiger partial charge on any atom is -0.386 e.